The number of phosphoric acid groups is 1. The number of aliphatic hydroxyl groups is 3. The standard InChI is InChI=1S/C46H77O11P/c1-3-5-7-8-9-10-11-12-13-14-15-16-17-18-19-22-25-28-32-36-45(50)54-40-44(41-56-58(52,53)55-39-43(49)38-47)57-46(51)37-33-29-26-23-20-21-24-27-31-35-42(48)34-30-6-4-2/h6,9-10,12-13,15-16,18-19,24,27,30-31,35,42-44,47-49H,3-5,7-8,11,14,17,20-23,25-26,28-29,32-34,36-41H2,1-2H3,(H,52,53)/b10-9-,13-12-,16-15-,19-18-,27-24+,30-6+,35-31+/t42?,43-,44+/m0/s1. The number of unbranched alkanes of at least 4 members (excludes halogenated alkanes) is 11. The number of rotatable bonds is 39. The van der Waals surface area contributed by atoms with Crippen LogP contribution in [-0.4, -0.2) is 76.9 Å². The van der Waals surface area contributed by atoms with Gasteiger partial charge < -0.3 is 29.7 Å². The molecule has 0 saturated heterocycles. The maximum Gasteiger partial charge on any atom is 0.472 e. The van der Waals surface area contributed by atoms with Gasteiger partial charge in [0.05, 0.1) is 25.9 Å². The van der Waals surface area contributed by atoms with E-state index in [1.807, 2.05) is 24.3 Å². The summed E-state index contributed by atoms with van der Waals surface area (Å²) >= 11 is 0. The highest BCUT2D eigenvalue weighted by Crippen LogP contribution is 2.43. The summed E-state index contributed by atoms with van der Waals surface area (Å²) in [5.41, 5.74) is 0. The fraction of sp³-hybridized carbons (Fsp3) is 0.652. The zero-order chi connectivity index (χ0) is 42.8. The SMILES string of the molecule is CC/C=C/CC(O)/C=C/C=C/CCCCCCCC(=O)O[C@H](COC(=O)CCCCC/C=C\C/C=C\C/C=C\C/C=C\CCCCC)COP(=O)(O)OC[C@@H](O)CO. The predicted octanol–water partition coefficient (Wildman–Crippen LogP) is 10.4. The summed E-state index contributed by atoms with van der Waals surface area (Å²) in [5, 5.41) is 28.2. The minimum Gasteiger partial charge on any atom is -0.462 e. The zero-order valence-corrected chi connectivity index (χ0v) is 36.5. The third-order valence-corrected chi connectivity index (χ3v) is 9.56. The van der Waals surface area contributed by atoms with Gasteiger partial charge in [0, 0.05) is 12.8 Å². The first-order valence-corrected chi connectivity index (χ1v) is 23.1. The van der Waals surface area contributed by atoms with Crippen LogP contribution >= 0.6 is 7.82 Å². The van der Waals surface area contributed by atoms with Crippen LogP contribution in [0.5, 0.6) is 0 Å². The summed E-state index contributed by atoms with van der Waals surface area (Å²) in [6.45, 7) is 2.04. The molecule has 332 valence electrons. The second kappa shape index (κ2) is 40.9. The Kier molecular flexibility index (Phi) is 38.8. The van der Waals surface area contributed by atoms with Crippen molar-refractivity contribution in [3.63, 3.8) is 0 Å². The largest absolute Gasteiger partial charge is 0.472 e. The molecule has 11 nitrogen and oxygen atoms in total. The summed E-state index contributed by atoms with van der Waals surface area (Å²) in [6.07, 6.45) is 44.5. The van der Waals surface area contributed by atoms with E-state index in [4.69, 9.17) is 19.1 Å². The Morgan fingerprint density at radius 1 is 0.603 bits per heavy atom. The predicted molar refractivity (Wildman–Crippen MR) is 234 cm³/mol. The lowest BCUT2D eigenvalue weighted by molar-refractivity contribution is -0.161. The Bertz CT molecular complexity index is 1250. The fourth-order valence-electron chi connectivity index (χ4n) is 5.25. The number of aliphatic hydroxyl groups excluding tert-OH is 3. The van der Waals surface area contributed by atoms with Gasteiger partial charge in [0.1, 0.15) is 12.7 Å². The summed E-state index contributed by atoms with van der Waals surface area (Å²) in [7, 11) is -4.65. The van der Waals surface area contributed by atoms with E-state index < -0.39 is 57.9 Å². The lowest BCUT2D eigenvalue weighted by Gasteiger charge is -2.20. The van der Waals surface area contributed by atoms with Crippen LogP contribution < -0.4 is 0 Å². The molecule has 2 unspecified atom stereocenters. The van der Waals surface area contributed by atoms with E-state index >= 15 is 0 Å². The molecule has 0 aromatic rings. The van der Waals surface area contributed by atoms with Gasteiger partial charge in [-0.15, -0.1) is 0 Å². The van der Waals surface area contributed by atoms with Gasteiger partial charge in [0.2, 0.25) is 0 Å². The maximum atomic E-state index is 12.6. The topological polar surface area (TPSA) is 169 Å². The van der Waals surface area contributed by atoms with Crippen LogP contribution in [0.25, 0.3) is 0 Å². The molecule has 0 aliphatic carbocycles. The highest BCUT2D eigenvalue weighted by molar-refractivity contribution is 7.47. The van der Waals surface area contributed by atoms with E-state index in [0.717, 1.165) is 77.0 Å². The van der Waals surface area contributed by atoms with Gasteiger partial charge in [-0.05, 0) is 83.5 Å². The third kappa shape index (κ3) is 39.9. The van der Waals surface area contributed by atoms with Crippen LogP contribution in [0.15, 0.2) is 85.1 Å². The molecule has 0 aromatic heterocycles. The summed E-state index contributed by atoms with van der Waals surface area (Å²) in [5.74, 6) is -1.02. The number of ether oxygens (including phenoxy) is 2. The molecule has 0 aliphatic rings. The number of esters is 2. The monoisotopic (exact) mass is 837 g/mol. The molecule has 0 radical (unpaired) electrons. The lowest BCUT2D eigenvalue weighted by Crippen LogP contribution is -2.29. The van der Waals surface area contributed by atoms with E-state index in [9.17, 15) is 29.3 Å². The molecular weight excluding hydrogens is 759 g/mol. The van der Waals surface area contributed by atoms with Crippen molar-refractivity contribution < 1.29 is 52.9 Å². The van der Waals surface area contributed by atoms with E-state index in [1.54, 1.807) is 6.08 Å². The summed E-state index contributed by atoms with van der Waals surface area (Å²) < 4.78 is 32.6. The van der Waals surface area contributed by atoms with Crippen molar-refractivity contribution in [3.8, 4) is 0 Å². The first kappa shape index (κ1) is 55.1. The third-order valence-electron chi connectivity index (χ3n) is 8.61. The van der Waals surface area contributed by atoms with E-state index in [-0.39, 0.29) is 19.4 Å². The number of hydrogen-bond donors (Lipinski definition) is 4. The highest BCUT2D eigenvalue weighted by atomic mass is 31.2. The van der Waals surface area contributed by atoms with Crippen molar-refractivity contribution in [2.45, 2.75) is 167 Å². The quantitative estimate of drug-likeness (QED) is 0.0153. The van der Waals surface area contributed by atoms with Gasteiger partial charge in [-0.1, -0.05) is 137 Å². The number of allylic oxidation sites excluding steroid dienone is 12. The number of hydrogen-bond acceptors (Lipinski definition) is 10. The Morgan fingerprint density at radius 3 is 1.76 bits per heavy atom. The van der Waals surface area contributed by atoms with E-state index in [1.165, 1.54) is 25.7 Å². The Balaban J connectivity index is 4.44. The van der Waals surface area contributed by atoms with Crippen LogP contribution in [-0.2, 0) is 32.7 Å². The summed E-state index contributed by atoms with van der Waals surface area (Å²) in [4.78, 5) is 35.0. The molecule has 12 heteroatoms. The number of carbonyl (C=O) groups is 2. The van der Waals surface area contributed by atoms with Crippen molar-refractivity contribution >= 4 is 19.8 Å². The Labute approximate surface area is 350 Å². The van der Waals surface area contributed by atoms with E-state index in [0.29, 0.717) is 19.3 Å². The number of phosphoric ester groups is 1. The molecule has 0 saturated carbocycles. The van der Waals surface area contributed by atoms with Crippen LogP contribution in [0.4, 0.5) is 0 Å². The molecule has 0 bridgehead atoms. The second-order valence-electron chi connectivity index (χ2n) is 14.2. The minimum absolute atomic E-state index is 0.125. The lowest BCUT2D eigenvalue weighted by atomic mass is 10.1. The van der Waals surface area contributed by atoms with Crippen LogP contribution in [0.2, 0.25) is 0 Å². The van der Waals surface area contributed by atoms with Crippen molar-refractivity contribution in [2.24, 2.45) is 0 Å². The smallest absolute Gasteiger partial charge is 0.462 e. The summed E-state index contributed by atoms with van der Waals surface area (Å²) in [6, 6.07) is 0. The molecule has 4 N–H and O–H groups in total. The number of carbonyl (C=O) groups excluding carboxylic acids is 2. The average molecular weight is 837 g/mol. The van der Waals surface area contributed by atoms with Crippen molar-refractivity contribution in [1.82, 2.24) is 0 Å². The van der Waals surface area contributed by atoms with Gasteiger partial charge in [-0.25, -0.2) is 4.57 Å². The first-order valence-electron chi connectivity index (χ1n) is 21.7. The van der Waals surface area contributed by atoms with Crippen molar-refractivity contribution in [2.75, 3.05) is 26.4 Å². The molecule has 58 heavy (non-hydrogen) atoms. The van der Waals surface area contributed by atoms with Gasteiger partial charge >= 0.3 is 19.8 Å². The minimum atomic E-state index is -4.65. The van der Waals surface area contributed by atoms with Crippen molar-refractivity contribution in [1.29, 1.82) is 0 Å². The van der Waals surface area contributed by atoms with Crippen LogP contribution in [0, 0.1) is 0 Å². The van der Waals surface area contributed by atoms with Gasteiger partial charge in [-0.3, -0.25) is 18.6 Å². The van der Waals surface area contributed by atoms with Gasteiger partial charge in [0.25, 0.3) is 0 Å². The molecule has 0 amide bonds. The fourth-order valence-corrected chi connectivity index (χ4v) is 6.04. The molecule has 0 heterocycles. The molecule has 0 rings (SSSR count). The Hall–Kier alpha value is -2.89. The van der Waals surface area contributed by atoms with Crippen LogP contribution in [0.1, 0.15) is 149 Å². The Morgan fingerprint density at radius 2 is 1.14 bits per heavy atom. The molecule has 0 fully saturated rings. The molecule has 0 spiro atoms. The maximum absolute atomic E-state index is 12.6. The van der Waals surface area contributed by atoms with Crippen molar-refractivity contribution in [3.05, 3.63) is 85.1 Å². The zero-order valence-electron chi connectivity index (χ0n) is 35.6. The highest BCUT2D eigenvalue weighted by Gasteiger charge is 2.27. The normalized spacial score (nSPS) is 15.2. The average Bonchev–Trinajstić information content (AvgIpc) is 3.20. The molecule has 0 aliphatic heterocycles. The van der Waals surface area contributed by atoms with E-state index in [2.05, 4.69) is 73.1 Å². The molecule has 0 aromatic carbocycles. The van der Waals surface area contributed by atoms with Gasteiger partial charge in [0.15, 0.2) is 6.10 Å². The first-order chi connectivity index (χ1) is 28.1. The molecule has 4 atom stereocenters. The van der Waals surface area contributed by atoms with Crippen LogP contribution in [0.3, 0.4) is 0 Å². The van der Waals surface area contributed by atoms with Gasteiger partial charge in [-0.2, -0.15) is 0 Å². The second-order valence-corrected chi connectivity index (χ2v) is 15.6. The molecular formula is C46H77O11P.